The SMILES string of the molecule is Cc1ncsc1-c1ccc(CNC(=O)[C@@H]2CCCN2C(=O)[C@@H](NC(=O)COCCOCCN2CCN(Cc3ccc4c(c3)nc(NC(=O)c3cccc(C(F)(F)F)c3)n4C3CCC(CO)CC3)CC2)C(C)(C)C)cc1. The zero-order valence-electron chi connectivity index (χ0n) is 43.3. The fourth-order valence-corrected chi connectivity index (χ4v) is 11.1. The third kappa shape index (κ3) is 14.4. The topological polar surface area (TPSA) is 183 Å². The van der Waals surface area contributed by atoms with Crippen LogP contribution in [0, 0.1) is 18.3 Å². The van der Waals surface area contributed by atoms with Crippen molar-refractivity contribution in [3.8, 4) is 10.4 Å². The van der Waals surface area contributed by atoms with Gasteiger partial charge in [-0.05, 0) is 104 Å². The molecule has 0 radical (unpaired) electrons. The van der Waals surface area contributed by atoms with Crippen LogP contribution < -0.4 is 16.0 Å². The first-order chi connectivity index (χ1) is 35.9. The number of likely N-dealkylation sites (tertiary alicyclic amines) is 1. The second kappa shape index (κ2) is 24.9. The number of carbonyl (C=O) groups excluding carboxylic acids is 4. The average Bonchev–Trinajstić information content (AvgIpc) is 4.16. The van der Waals surface area contributed by atoms with Crippen molar-refractivity contribution in [3.05, 3.63) is 100 Å². The number of amides is 4. The number of imidazole rings is 1. The molecule has 0 spiro atoms. The summed E-state index contributed by atoms with van der Waals surface area (Å²) < 4.78 is 53.9. The number of fused-ring (bicyclic) bond motifs is 1. The number of aliphatic hydroxyl groups is 1. The van der Waals surface area contributed by atoms with Crippen LogP contribution in [0.3, 0.4) is 0 Å². The first-order valence-corrected chi connectivity index (χ1v) is 26.9. The predicted octanol–water partition coefficient (Wildman–Crippen LogP) is 7.45. The van der Waals surface area contributed by atoms with E-state index in [4.69, 9.17) is 14.5 Å². The lowest BCUT2D eigenvalue weighted by Gasteiger charge is -2.35. The van der Waals surface area contributed by atoms with Gasteiger partial charge in [-0.1, -0.05) is 57.2 Å². The van der Waals surface area contributed by atoms with Crippen molar-refractivity contribution < 1.29 is 46.9 Å². The van der Waals surface area contributed by atoms with Gasteiger partial charge in [0.2, 0.25) is 23.7 Å². The second-order valence-corrected chi connectivity index (χ2v) is 21.9. The number of aromatic nitrogens is 3. The standard InChI is InChI=1S/C55H70F3N9O7S/c1-36-48(75-35-60-36)40-15-10-37(11-16-40)31-59-51(71)46-9-6-20-66(46)52(72)49(54(2,3)4)62-47(69)34-74-28-27-73-26-25-64-21-23-65(24-22-64)32-39-14-19-45-44(29-39)61-53(67(45)43-17-12-38(33-68)13-18-43)63-50(70)41-7-5-8-42(30-41)55(56,57)58/h5,7-8,10-11,14-16,19,29-30,35,38,43,46,49,68H,6,9,12-13,17-18,20-28,31-34H2,1-4H3,(H,59,71)(H,62,69)(H,61,63,70)/t38?,43?,46-,49+/m0/s1. The molecule has 4 N–H and O–H groups in total. The number of aliphatic hydroxyl groups excluding tert-OH is 1. The quantitative estimate of drug-likeness (QED) is 0.0568. The number of hydrogen-bond donors (Lipinski definition) is 4. The summed E-state index contributed by atoms with van der Waals surface area (Å²) in [5.74, 6) is -1.11. The van der Waals surface area contributed by atoms with Crippen molar-refractivity contribution in [3.63, 3.8) is 0 Å². The average molecular weight is 1060 g/mol. The van der Waals surface area contributed by atoms with Gasteiger partial charge in [0.25, 0.3) is 5.91 Å². The number of nitrogens with zero attached hydrogens (tertiary/aromatic N) is 6. The van der Waals surface area contributed by atoms with E-state index in [2.05, 4.69) is 36.8 Å². The van der Waals surface area contributed by atoms with Gasteiger partial charge < -0.3 is 34.7 Å². The molecule has 3 aliphatic rings. The molecule has 4 heterocycles. The lowest BCUT2D eigenvalue weighted by atomic mass is 9.85. The monoisotopic (exact) mass is 1060 g/mol. The van der Waals surface area contributed by atoms with E-state index in [0.29, 0.717) is 51.2 Å². The molecule has 3 aromatic carbocycles. The number of nitrogens with one attached hydrogen (secondary N) is 3. The molecule has 4 amide bonds. The van der Waals surface area contributed by atoms with Gasteiger partial charge in [0.1, 0.15) is 18.7 Å². The van der Waals surface area contributed by atoms with Crippen molar-refractivity contribution in [2.75, 3.05) is 77.6 Å². The van der Waals surface area contributed by atoms with Gasteiger partial charge in [-0.3, -0.25) is 34.3 Å². The fourth-order valence-electron chi connectivity index (χ4n) is 10.3. The Morgan fingerprint density at radius 2 is 1.57 bits per heavy atom. The minimum Gasteiger partial charge on any atom is -0.396 e. The number of piperazine rings is 1. The molecule has 16 nitrogen and oxygen atoms in total. The van der Waals surface area contributed by atoms with E-state index in [1.54, 1.807) is 16.2 Å². The van der Waals surface area contributed by atoms with Crippen molar-refractivity contribution in [1.29, 1.82) is 0 Å². The fraction of sp³-hybridized carbons (Fsp3) is 0.527. The van der Waals surface area contributed by atoms with Gasteiger partial charge in [0.05, 0.1) is 52.5 Å². The van der Waals surface area contributed by atoms with E-state index in [1.807, 2.05) is 74.2 Å². The van der Waals surface area contributed by atoms with Crippen LogP contribution in [0.1, 0.15) is 98.1 Å². The maximum absolute atomic E-state index is 14.0. The Morgan fingerprint density at radius 3 is 2.27 bits per heavy atom. The Labute approximate surface area is 440 Å². The highest BCUT2D eigenvalue weighted by Crippen LogP contribution is 2.38. The Bertz CT molecular complexity index is 2750. The molecule has 75 heavy (non-hydrogen) atoms. The zero-order chi connectivity index (χ0) is 53.3. The van der Waals surface area contributed by atoms with Crippen LogP contribution in [-0.4, -0.2) is 142 Å². The second-order valence-electron chi connectivity index (χ2n) is 21.0. The van der Waals surface area contributed by atoms with Crippen LogP contribution in [-0.2, 0) is 43.1 Å². The summed E-state index contributed by atoms with van der Waals surface area (Å²) in [4.78, 5) is 70.5. The number of ether oxygens (including phenoxy) is 2. The van der Waals surface area contributed by atoms with E-state index >= 15 is 0 Å². The molecule has 8 rings (SSSR count). The van der Waals surface area contributed by atoms with E-state index in [0.717, 1.165) is 103 Å². The lowest BCUT2D eigenvalue weighted by Crippen LogP contribution is -2.58. The number of alkyl halides is 3. The van der Waals surface area contributed by atoms with Crippen molar-refractivity contribution in [2.24, 2.45) is 11.3 Å². The first kappa shape index (κ1) is 55.5. The number of aryl methyl sites for hydroxylation is 1. The number of thiazole rings is 1. The number of benzene rings is 3. The minimum atomic E-state index is -4.58. The molecule has 1 saturated carbocycles. The van der Waals surface area contributed by atoms with Crippen molar-refractivity contribution in [1.82, 2.24) is 39.9 Å². The van der Waals surface area contributed by atoms with E-state index < -0.39 is 41.1 Å². The molecule has 2 aliphatic heterocycles. The first-order valence-electron chi connectivity index (χ1n) is 26.0. The summed E-state index contributed by atoms with van der Waals surface area (Å²) in [5, 5.41) is 18.5. The van der Waals surface area contributed by atoms with Crippen LogP contribution in [0.25, 0.3) is 21.5 Å². The molecule has 0 bridgehead atoms. The van der Waals surface area contributed by atoms with Crippen LogP contribution in [0.4, 0.5) is 19.1 Å². The molecular formula is C55H70F3N9O7S. The van der Waals surface area contributed by atoms with Crippen LogP contribution in [0.5, 0.6) is 0 Å². The summed E-state index contributed by atoms with van der Waals surface area (Å²) >= 11 is 1.59. The largest absolute Gasteiger partial charge is 0.416 e. The normalized spacial score (nSPS) is 19.3. The minimum absolute atomic E-state index is 0.000841. The molecule has 3 fully saturated rings. The Kier molecular flexibility index (Phi) is 18.4. The molecular weight excluding hydrogens is 988 g/mol. The molecule has 2 aromatic heterocycles. The van der Waals surface area contributed by atoms with Gasteiger partial charge in [0, 0.05) is 70.6 Å². The Balaban J connectivity index is 0.744. The molecule has 0 unspecified atom stereocenters. The number of anilines is 1. The van der Waals surface area contributed by atoms with Gasteiger partial charge in [0.15, 0.2) is 0 Å². The highest BCUT2D eigenvalue weighted by atomic mass is 32.1. The Hall–Kier alpha value is -5.77. The van der Waals surface area contributed by atoms with Crippen LogP contribution in [0.2, 0.25) is 0 Å². The highest BCUT2D eigenvalue weighted by Gasteiger charge is 2.42. The molecule has 20 heteroatoms. The molecule has 2 saturated heterocycles. The maximum atomic E-state index is 14.0. The predicted molar refractivity (Wildman–Crippen MR) is 281 cm³/mol. The number of hydrogen-bond acceptors (Lipinski definition) is 12. The molecule has 2 atom stereocenters. The van der Waals surface area contributed by atoms with E-state index in [9.17, 15) is 37.5 Å². The highest BCUT2D eigenvalue weighted by molar-refractivity contribution is 7.13. The third-order valence-corrected chi connectivity index (χ3v) is 15.6. The summed E-state index contributed by atoms with van der Waals surface area (Å²) in [6, 6.07) is 17.0. The van der Waals surface area contributed by atoms with Crippen molar-refractivity contribution >= 4 is 51.9 Å². The summed E-state index contributed by atoms with van der Waals surface area (Å²) in [5.41, 5.74) is 5.76. The molecule has 1 aliphatic carbocycles. The molecule has 5 aromatic rings. The van der Waals surface area contributed by atoms with Gasteiger partial charge in [-0.15, -0.1) is 11.3 Å². The van der Waals surface area contributed by atoms with Crippen molar-refractivity contribution in [2.45, 2.75) is 104 Å². The van der Waals surface area contributed by atoms with Crippen LogP contribution >= 0.6 is 11.3 Å². The number of carbonyl (C=O) groups is 4. The lowest BCUT2D eigenvalue weighted by molar-refractivity contribution is -0.144. The van der Waals surface area contributed by atoms with Gasteiger partial charge >= 0.3 is 6.18 Å². The summed E-state index contributed by atoms with van der Waals surface area (Å²) in [6.45, 7) is 14.1. The number of halogens is 3. The number of rotatable bonds is 20. The third-order valence-electron chi connectivity index (χ3n) is 14.6. The van der Waals surface area contributed by atoms with E-state index in [1.165, 1.54) is 12.1 Å². The van der Waals surface area contributed by atoms with Gasteiger partial charge in [-0.2, -0.15) is 13.2 Å². The Morgan fingerprint density at radius 1 is 0.853 bits per heavy atom. The smallest absolute Gasteiger partial charge is 0.396 e. The maximum Gasteiger partial charge on any atom is 0.416 e. The summed E-state index contributed by atoms with van der Waals surface area (Å²) in [7, 11) is 0. The van der Waals surface area contributed by atoms with E-state index in [-0.39, 0.29) is 55.1 Å². The molecule has 404 valence electrons. The van der Waals surface area contributed by atoms with Crippen LogP contribution in [0.15, 0.2) is 72.2 Å². The van der Waals surface area contributed by atoms with Gasteiger partial charge in [-0.25, -0.2) is 9.97 Å². The zero-order valence-corrected chi connectivity index (χ0v) is 44.1. The summed E-state index contributed by atoms with van der Waals surface area (Å²) in [6.07, 6.45) is -0.178.